The molecule has 1 aromatic carbocycles. The van der Waals surface area contributed by atoms with Crippen molar-refractivity contribution in [3.63, 3.8) is 0 Å². The molecule has 1 atom stereocenters. The maximum Gasteiger partial charge on any atom is 0.263 e. The van der Waals surface area contributed by atoms with Gasteiger partial charge in [0.25, 0.3) is 5.56 Å². The first-order valence-corrected chi connectivity index (χ1v) is 12.3. The fourth-order valence-electron chi connectivity index (χ4n) is 5.95. The van der Waals surface area contributed by atoms with Crippen molar-refractivity contribution in [3.8, 4) is 0 Å². The minimum Gasteiger partial charge on any atom is -0.342 e. The van der Waals surface area contributed by atoms with Gasteiger partial charge in [-0.1, -0.05) is 24.3 Å². The number of H-pyrrole nitrogens is 2. The Morgan fingerprint density at radius 3 is 2.70 bits per heavy atom. The molecule has 3 aromatic heterocycles. The Hall–Kier alpha value is -3.11. The summed E-state index contributed by atoms with van der Waals surface area (Å²) in [7, 11) is 0. The summed E-state index contributed by atoms with van der Waals surface area (Å²) >= 11 is 1.51. The van der Waals surface area contributed by atoms with Gasteiger partial charge < -0.3 is 10.6 Å². The normalized spacial score (nSPS) is 22.7. The lowest BCUT2D eigenvalue weighted by Crippen LogP contribution is -2.45. The average molecular weight is 461 g/mol. The van der Waals surface area contributed by atoms with E-state index in [1.165, 1.54) is 22.5 Å². The van der Waals surface area contributed by atoms with E-state index in [2.05, 4.69) is 54.5 Å². The van der Waals surface area contributed by atoms with E-state index in [1.807, 2.05) is 0 Å². The average Bonchev–Trinajstić information content (AvgIpc) is 3.17. The van der Waals surface area contributed by atoms with Crippen LogP contribution >= 0.6 is 11.3 Å². The molecule has 0 unspecified atom stereocenters. The number of anilines is 1. The van der Waals surface area contributed by atoms with E-state index in [-0.39, 0.29) is 22.4 Å². The van der Waals surface area contributed by atoms with Crippen molar-refractivity contribution in [1.82, 2.24) is 30.4 Å². The molecular weight excluding hydrogens is 436 g/mol. The number of nitrogens with zero attached hydrogens (tertiary/aromatic N) is 5. The van der Waals surface area contributed by atoms with E-state index in [4.69, 9.17) is 10.7 Å². The van der Waals surface area contributed by atoms with E-state index < -0.39 is 0 Å². The van der Waals surface area contributed by atoms with Crippen molar-refractivity contribution < 1.29 is 0 Å². The predicted octanol–water partition coefficient (Wildman–Crippen LogP) is 2.42. The zero-order valence-corrected chi connectivity index (χ0v) is 18.9. The number of aromatic nitrogens is 6. The molecule has 1 spiro atoms. The summed E-state index contributed by atoms with van der Waals surface area (Å²) in [5, 5.41) is 17.2. The molecular formula is C23H24N8OS. The summed E-state index contributed by atoms with van der Waals surface area (Å²) in [5.41, 5.74) is 12.0. The van der Waals surface area contributed by atoms with Crippen LogP contribution in [-0.2, 0) is 11.8 Å². The molecule has 1 saturated heterocycles. The summed E-state index contributed by atoms with van der Waals surface area (Å²) < 4.78 is 0. The first kappa shape index (κ1) is 19.4. The van der Waals surface area contributed by atoms with Crippen LogP contribution in [0.1, 0.15) is 53.6 Å². The second kappa shape index (κ2) is 6.71. The molecule has 2 aliphatic carbocycles. The van der Waals surface area contributed by atoms with Gasteiger partial charge in [0.05, 0.1) is 11.1 Å². The quantitative estimate of drug-likeness (QED) is 0.428. The standard InChI is InChI=1S/C23H24N8OS/c24-16-14-4-2-1-3-13(14)11-22(16)7-9-31(10-8-22)21-26-18-15(19(32)27-21)17(28-29-18)23(5-6-23)20-30-25-12-33-20/h1-4,12,16H,5-11,24H2,(H2,26,27,28,29,32)/t16-/m1/s1. The molecule has 0 bridgehead atoms. The van der Waals surface area contributed by atoms with Gasteiger partial charge in [0.2, 0.25) is 5.95 Å². The van der Waals surface area contributed by atoms with Crippen molar-refractivity contribution in [3.05, 3.63) is 62.0 Å². The van der Waals surface area contributed by atoms with E-state index in [9.17, 15) is 4.79 Å². The summed E-state index contributed by atoms with van der Waals surface area (Å²) in [6.45, 7) is 1.62. The summed E-state index contributed by atoms with van der Waals surface area (Å²) in [6, 6.07) is 8.60. The smallest absolute Gasteiger partial charge is 0.263 e. The maximum atomic E-state index is 13.2. The Labute approximate surface area is 193 Å². The van der Waals surface area contributed by atoms with Gasteiger partial charge in [0.15, 0.2) is 5.65 Å². The Kier molecular flexibility index (Phi) is 3.94. The minimum absolute atomic E-state index is 0.0654. The number of aromatic amines is 2. The maximum absolute atomic E-state index is 13.2. The molecule has 0 amide bonds. The highest BCUT2D eigenvalue weighted by Crippen LogP contribution is 2.54. The van der Waals surface area contributed by atoms with Crippen molar-refractivity contribution in [2.24, 2.45) is 11.1 Å². The van der Waals surface area contributed by atoms with Gasteiger partial charge in [-0.05, 0) is 48.6 Å². The third-order valence-electron chi connectivity index (χ3n) is 8.04. The Balaban J connectivity index is 1.17. The molecule has 3 aliphatic rings. The van der Waals surface area contributed by atoms with Gasteiger partial charge in [0, 0.05) is 19.1 Å². The number of fused-ring (bicyclic) bond motifs is 2. The van der Waals surface area contributed by atoms with Crippen molar-refractivity contribution in [2.75, 3.05) is 18.0 Å². The lowest BCUT2D eigenvalue weighted by molar-refractivity contribution is 0.187. The molecule has 168 valence electrons. The number of piperidine rings is 1. The summed E-state index contributed by atoms with van der Waals surface area (Å²) in [4.78, 5) is 23.1. The lowest BCUT2D eigenvalue weighted by atomic mass is 9.73. The molecule has 4 aromatic rings. The number of hydrogen-bond acceptors (Lipinski definition) is 8. The Bertz CT molecular complexity index is 1410. The van der Waals surface area contributed by atoms with Crippen LogP contribution in [0.3, 0.4) is 0 Å². The minimum atomic E-state index is -0.305. The molecule has 4 N–H and O–H groups in total. The van der Waals surface area contributed by atoms with Crippen LogP contribution in [0.25, 0.3) is 11.0 Å². The van der Waals surface area contributed by atoms with Crippen LogP contribution in [0.4, 0.5) is 5.95 Å². The van der Waals surface area contributed by atoms with Gasteiger partial charge in [-0.25, -0.2) is 0 Å². The van der Waals surface area contributed by atoms with Crippen LogP contribution in [-0.4, -0.2) is 43.5 Å². The molecule has 1 saturated carbocycles. The molecule has 9 nitrogen and oxygen atoms in total. The zero-order valence-electron chi connectivity index (χ0n) is 18.0. The number of benzene rings is 1. The van der Waals surface area contributed by atoms with Crippen molar-refractivity contribution >= 4 is 28.3 Å². The van der Waals surface area contributed by atoms with Gasteiger partial charge in [-0.2, -0.15) is 10.1 Å². The third-order valence-corrected chi connectivity index (χ3v) is 8.94. The van der Waals surface area contributed by atoms with E-state index in [0.717, 1.165) is 55.9 Å². The van der Waals surface area contributed by atoms with Crippen molar-refractivity contribution in [2.45, 2.75) is 43.6 Å². The number of rotatable bonds is 3. The van der Waals surface area contributed by atoms with Crippen LogP contribution in [0, 0.1) is 5.41 Å². The molecule has 33 heavy (non-hydrogen) atoms. The monoisotopic (exact) mass is 460 g/mol. The molecule has 0 radical (unpaired) electrons. The largest absolute Gasteiger partial charge is 0.342 e. The second-order valence-electron chi connectivity index (χ2n) is 9.71. The van der Waals surface area contributed by atoms with Crippen LogP contribution in [0.2, 0.25) is 0 Å². The van der Waals surface area contributed by atoms with Gasteiger partial charge in [-0.3, -0.25) is 14.9 Å². The lowest BCUT2D eigenvalue weighted by Gasteiger charge is -2.42. The number of nitrogens with two attached hydrogens (primary N) is 1. The zero-order chi connectivity index (χ0) is 22.2. The fraction of sp³-hybridized carbons (Fsp3) is 0.435. The van der Waals surface area contributed by atoms with Crippen LogP contribution in [0.15, 0.2) is 34.6 Å². The first-order valence-electron chi connectivity index (χ1n) is 11.4. The van der Waals surface area contributed by atoms with Gasteiger partial charge in [-0.15, -0.1) is 21.5 Å². The third kappa shape index (κ3) is 2.70. The van der Waals surface area contributed by atoms with E-state index >= 15 is 0 Å². The van der Waals surface area contributed by atoms with Gasteiger partial charge in [0.1, 0.15) is 15.9 Å². The number of hydrogen-bond donors (Lipinski definition) is 3. The fourth-order valence-corrected chi connectivity index (χ4v) is 6.77. The first-order chi connectivity index (χ1) is 16.1. The molecule has 4 heterocycles. The highest BCUT2D eigenvalue weighted by Gasteiger charge is 2.52. The van der Waals surface area contributed by atoms with Crippen LogP contribution in [0.5, 0.6) is 0 Å². The van der Waals surface area contributed by atoms with Crippen LogP contribution < -0.4 is 16.2 Å². The SMILES string of the molecule is N[C@@H]1c2ccccc2CC12CCN(c1nc3[nH]nc(C4(c5nncs5)CC4)c3c(=O)[nH]1)CC2. The number of nitrogens with one attached hydrogen (secondary N) is 2. The van der Waals surface area contributed by atoms with E-state index in [1.54, 1.807) is 5.51 Å². The van der Waals surface area contributed by atoms with Gasteiger partial charge >= 0.3 is 0 Å². The Morgan fingerprint density at radius 2 is 1.97 bits per heavy atom. The second-order valence-corrected chi connectivity index (χ2v) is 10.5. The van der Waals surface area contributed by atoms with E-state index in [0.29, 0.717) is 17.0 Å². The summed E-state index contributed by atoms with van der Waals surface area (Å²) in [6.07, 6.45) is 4.80. The topological polar surface area (TPSA) is 129 Å². The molecule has 2 fully saturated rings. The highest BCUT2D eigenvalue weighted by atomic mass is 32.1. The Morgan fingerprint density at radius 1 is 1.15 bits per heavy atom. The molecule has 10 heteroatoms. The molecule has 7 rings (SSSR count). The predicted molar refractivity (Wildman–Crippen MR) is 125 cm³/mol. The summed E-state index contributed by atoms with van der Waals surface area (Å²) in [5.74, 6) is 0.599. The van der Waals surface area contributed by atoms with Crippen molar-refractivity contribution in [1.29, 1.82) is 0 Å². The molecule has 1 aliphatic heterocycles. The highest BCUT2D eigenvalue weighted by molar-refractivity contribution is 7.09.